The van der Waals surface area contributed by atoms with Gasteiger partial charge in [0.2, 0.25) is 5.91 Å². The molecule has 2 unspecified atom stereocenters. The zero-order valence-corrected chi connectivity index (χ0v) is 13.9. The molecule has 0 saturated heterocycles. The van der Waals surface area contributed by atoms with Gasteiger partial charge in [-0.15, -0.1) is 12.4 Å². The topological polar surface area (TPSA) is 46.3 Å². The summed E-state index contributed by atoms with van der Waals surface area (Å²) in [6.07, 6.45) is 0.910. The van der Waals surface area contributed by atoms with E-state index in [1.54, 1.807) is 11.9 Å². The van der Waals surface area contributed by atoms with E-state index in [1.165, 1.54) is 5.56 Å². The Morgan fingerprint density at radius 1 is 1.20 bits per heavy atom. The van der Waals surface area contributed by atoms with E-state index >= 15 is 0 Å². The predicted molar refractivity (Wildman–Crippen MR) is 88.6 cm³/mol. The summed E-state index contributed by atoms with van der Waals surface area (Å²) in [4.78, 5) is 13.9. The Morgan fingerprint density at radius 2 is 1.70 bits per heavy atom. The number of amides is 1. The van der Waals surface area contributed by atoms with E-state index in [1.807, 2.05) is 19.1 Å². The van der Waals surface area contributed by atoms with Crippen molar-refractivity contribution in [3.05, 3.63) is 29.8 Å². The van der Waals surface area contributed by atoms with Crippen molar-refractivity contribution in [3.63, 3.8) is 0 Å². The standard InChI is InChI=1S/C16H26N2O.ClH/c1-6-12(4)15(17)16(19)18(5)14-9-7-13(8-10-14)11(2)3;/h7-12,15H,6,17H2,1-5H3;1H. The van der Waals surface area contributed by atoms with Crippen LogP contribution in [0.15, 0.2) is 24.3 Å². The number of hydrogen-bond acceptors (Lipinski definition) is 2. The molecule has 20 heavy (non-hydrogen) atoms. The second kappa shape index (κ2) is 8.28. The fraction of sp³-hybridized carbons (Fsp3) is 0.562. The molecule has 0 aliphatic heterocycles. The number of anilines is 1. The maximum Gasteiger partial charge on any atom is 0.243 e. The molecular weight excluding hydrogens is 272 g/mol. The maximum absolute atomic E-state index is 12.3. The number of benzene rings is 1. The highest BCUT2D eigenvalue weighted by atomic mass is 35.5. The van der Waals surface area contributed by atoms with Crippen LogP contribution in [-0.2, 0) is 4.79 Å². The Hall–Kier alpha value is -1.06. The van der Waals surface area contributed by atoms with Crippen molar-refractivity contribution in [2.45, 2.75) is 46.1 Å². The maximum atomic E-state index is 12.3. The lowest BCUT2D eigenvalue weighted by Crippen LogP contribution is -2.45. The van der Waals surface area contributed by atoms with Crippen molar-refractivity contribution in [2.24, 2.45) is 11.7 Å². The van der Waals surface area contributed by atoms with Gasteiger partial charge in [-0.3, -0.25) is 4.79 Å². The van der Waals surface area contributed by atoms with Gasteiger partial charge < -0.3 is 10.6 Å². The molecule has 114 valence electrons. The van der Waals surface area contributed by atoms with Crippen molar-refractivity contribution < 1.29 is 4.79 Å². The monoisotopic (exact) mass is 298 g/mol. The Balaban J connectivity index is 0.00000361. The Labute approximate surface area is 128 Å². The van der Waals surface area contributed by atoms with Gasteiger partial charge in [0.25, 0.3) is 0 Å². The van der Waals surface area contributed by atoms with E-state index in [9.17, 15) is 4.79 Å². The van der Waals surface area contributed by atoms with Gasteiger partial charge in [-0.25, -0.2) is 0 Å². The molecule has 3 nitrogen and oxygen atoms in total. The molecule has 1 aromatic rings. The normalized spacial score (nSPS) is 13.6. The number of carbonyl (C=O) groups excluding carboxylic acids is 1. The summed E-state index contributed by atoms with van der Waals surface area (Å²) < 4.78 is 0. The van der Waals surface area contributed by atoms with Crippen LogP contribution in [0, 0.1) is 5.92 Å². The molecule has 0 saturated carbocycles. The highest BCUT2D eigenvalue weighted by Gasteiger charge is 2.23. The van der Waals surface area contributed by atoms with E-state index in [2.05, 4.69) is 32.9 Å². The summed E-state index contributed by atoms with van der Waals surface area (Å²) in [6.45, 7) is 8.37. The largest absolute Gasteiger partial charge is 0.320 e. The minimum absolute atomic E-state index is 0. The molecule has 2 N–H and O–H groups in total. The molecule has 4 heteroatoms. The summed E-state index contributed by atoms with van der Waals surface area (Å²) in [5, 5.41) is 0. The Kier molecular flexibility index (Phi) is 7.84. The van der Waals surface area contributed by atoms with E-state index in [0.29, 0.717) is 5.92 Å². The second-order valence-electron chi connectivity index (χ2n) is 5.55. The van der Waals surface area contributed by atoms with Crippen LogP contribution >= 0.6 is 12.4 Å². The first-order valence-electron chi connectivity index (χ1n) is 7.01. The highest BCUT2D eigenvalue weighted by molar-refractivity contribution is 5.96. The van der Waals surface area contributed by atoms with Gasteiger partial charge in [0.15, 0.2) is 0 Å². The first-order valence-corrected chi connectivity index (χ1v) is 7.01. The first kappa shape index (κ1) is 18.9. The minimum Gasteiger partial charge on any atom is -0.320 e. The van der Waals surface area contributed by atoms with Gasteiger partial charge >= 0.3 is 0 Å². The number of likely N-dealkylation sites (N-methyl/N-ethyl adjacent to an activating group) is 1. The SMILES string of the molecule is CCC(C)C(N)C(=O)N(C)c1ccc(C(C)C)cc1.Cl. The molecule has 0 aliphatic rings. The average molecular weight is 299 g/mol. The third kappa shape index (κ3) is 4.50. The van der Waals surface area contributed by atoms with Crippen LogP contribution in [0.3, 0.4) is 0 Å². The quantitative estimate of drug-likeness (QED) is 0.903. The minimum atomic E-state index is -0.431. The van der Waals surface area contributed by atoms with Crippen LogP contribution < -0.4 is 10.6 Å². The lowest BCUT2D eigenvalue weighted by Gasteiger charge is -2.25. The summed E-state index contributed by atoms with van der Waals surface area (Å²) in [7, 11) is 1.79. The molecule has 0 aliphatic carbocycles. The van der Waals surface area contributed by atoms with Crippen molar-refractivity contribution >= 4 is 24.0 Å². The highest BCUT2D eigenvalue weighted by Crippen LogP contribution is 2.20. The van der Waals surface area contributed by atoms with Gasteiger partial charge in [-0.2, -0.15) is 0 Å². The van der Waals surface area contributed by atoms with Crippen LogP contribution in [-0.4, -0.2) is 19.0 Å². The van der Waals surface area contributed by atoms with Crippen molar-refractivity contribution in [3.8, 4) is 0 Å². The molecule has 0 bridgehead atoms. The van der Waals surface area contributed by atoms with Crippen molar-refractivity contribution in [1.82, 2.24) is 0 Å². The van der Waals surface area contributed by atoms with Gasteiger partial charge in [-0.1, -0.05) is 46.2 Å². The van der Waals surface area contributed by atoms with Gasteiger partial charge in [-0.05, 0) is 29.5 Å². The van der Waals surface area contributed by atoms with E-state index < -0.39 is 6.04 Å². The Bertz CT molecular complexity index is 417. The molecule has 0 heterocycles. The fourth-order valence-corrected chi connectivity index (χ4v) is 1.93. The third-order valence-corrected chi connectivity index (χ3v) is 3.82. The summed E-state index contributed by atoms with van der Waals surface area (Å²) in [6, 6.07) is 7.67. The predicted octanol–water partition coefficient (Wildman–Crippen LogP) is 3.57. The zero-order valence-electron chi connectivity index (χ0n) is 13.1. The molecule has 1 rings (SSSR count). The molecule has 2 atom stereocenters. The van der Waals surface area contributed by atoms with Gasteiger partial charge in [0.1, 0.15) is 0 Å². The molecule has 0 radical (unpaired) electrons. The molecule has 0 fully saturated rings. The van der Waals surface area contributed by atoms with Gasteiger partial charge in [0, 0.05) is 12.7 Å². The summed E-state index contributed by atoms with van der Waals surface area (Å²) in [5.74, 6) is 0.675. The lowest BCUT2D eigenvalue weighted by atomic mass is 9.98. The van der Waals surface area contributed by atoms with Crippen LogP contribution in [0.25, 0.3) is 0 Å². The molecule has 0 aromatic heterocycles. The van der Waals surface area contributed by atoms with Crippen LogP contribution in [0.2, 0.25) is 0 Å². The Morgan fingerprint density at radius 3 is 2.10 bits per heavy atom. The number of carbonyl (C=O) groups is 1. The van der Waals surface area contributed by atoms with E-state index in [-0.39, 0.29) is 24.2 Å². The van der Waals surface area contributed by atoms with Crippen LogP contribution in [0.1, 0.15) is 45.6 Å². The average Bonchev–Trinajstić information content (AvgIpc) is 2.44. The van der Waals surface area contributed by atoms with E-state index in [0.717, 1.165) is 12.1 Å². The van der Waals surface area contributed by atoms with Gasteiger partial charge in [0.05, 0.1) is 6.04 Å². The number of halogens is 1. The number of nitrogens with zero attached hydrogens (tertiary/aromatic N) is 1. The van der Waals surface area contributed by atoms with Crippen LogP contribution in [0.4, 0.5) is 5.69 Å². The number of nitrogens with two attached hydrogens (primary N) is 1. The molecule has 1 amide bonds. The number of hydrogen-bond donors (Lipinski definition) is 1. The van der Waals surface area contributed by atoms with Crippen LogP contribution in [0.5, 0.6) is 0 Å². The summed E-state index contributed by atoms with van der Waals surface area (Å²) >= 11 is 0. The summed E-state index contributed by atoms with van der Waals surface area (Å²) in [5.41, 5.74) is 8.17. The van der Waals surface area contributed by atoms with Crippen molar-refractivity contribution in [2.75, 3.05) is 11.9 Å². The lowest BCUT2D eigenvalue weighted by molar-refractivity contribution is -0.120. The molecular formula is C16H27ClN2O. The zero-order chi connectivity index (χ0) is 14.6. The second-order valence-corrected chi connectivity index (χ2v) is 5.55. The first-order chi connectivity index (χ1) is 8.88. The molecule has 1 aromatic carbocycles. The third-order valence-electron chi connectivity index (χ3n) is 3.82. The van der Waals surface area contributed by atoms with Crippen molar-refractivity contribution in [1.29, 1.82) is 0 Å². The fourth-order valence-electron chi connectivity index (χ4n) is 1.93. The molecule has 0 spiro atoms. The van der Waals surface area contributed by atoms with E-state index in [4.69, 9.17) is 5.73 Å². The number of rotatable bonds is 5. The smallest absolute Gasteiger partial charge is 0.243 e.